The molecule has 18 heavy (non-hydrogen) atoms. The molecular formula is C12H17FN2O3. The highest BCUT2D eigenvalue weighted by molar-refractivity contribution is 5.40. The number of aliphatic hydroxyl groups excluding tert-OH is 1. The van der Waals surface area contributed by atoms with Crippen LogP contribution < -0.4 is 5.32 Å². The number of hydrogen-bond acceptors (Lipinski definition) is 4. The Morgan fingerprint density at radius 2 is 2.28 bits per heavy atom. The van der Waals surface area contributed by atoms with E-state index in [-0.39, 0.29) is 24.9 Å². The number of hydrogen-bond donors (Lipinski definition) is 2. The van der Waals surface area contributed by atoms with Crippen LogP contribution in [0.4, 0.5) is 10.1 Å². The largest absolute Gasteiger partial charge is 0.396 e. The highest BCUT2D eigenvalue weighted by atomic mass is 19.1. The molecule has 2 N–H and O–H groups in total. The van der Waals surface area contributed by atoms with Crippen LogP contribution >= 0.6 is 0 Å². The third-order valence-corrected chi connectivity index (χ3v) is 2.79. The monoisotopic (exact) mass is 256 g/mol. The Bertz CT molecular complexity index is 412. The smallest absolute Gasteiger partial charge is 0.274 e. The molecule has 5 nitrogen and oxygen atoms in total. The van der Waals surface area contributed by atoms with Crippen molar-refractivity contribution in [1.29, 1.82) is 0 Å². The van der Waals surface area contributed by atoms with E-state index in [1.807, 2.05) is 6.92 Å². The van der Waals surface area contributed by atoms with Crippen molar-refractivity contribution >= 4 is 5.69 Å². The molecule has 0 amide bonds. The lowest BCUT2D eigenvalue weighted by Crippen LogP contribution is -2.29. The zero-order chi connectivity index (χ0) is 13.5. The average molecular weight is 256 g/mol. The quantitative estimate of drug-likeness (QED) is 0.578. The molecule has 0 aliphatic carbocycles. The summed E-state index contributed by atoms with van der Waals surface area (Å²) in [4.78, 5) is 10.3. The Morgan fingerprint density at radius 1 is 1.56 bits per heavy atom. The summed E-state index contributed by atoms with van der Waals surface area (Å²) in [5.41, 5.74) is 0.221. The number of aliphatic hydroxyl groups is 1. The molecular weight excluding hydrogens is 239 g/mol. The van der Waals surface area contributed by atoms with E-state index in [2.05, 4.69) is 5.32 Å². The Hall–Kier alpha value is -1.53. The van der Waals surface area contributed by atoms with E-state index in [0.717, 1.165) is 18.6 Å². The van der Waals surface area contributed by atoms with Gasteiger partial charge in [0.05, 0.1) is 4.92 Å². The van der Waals surface area contributed by atoms with Crippen LogP contribution in [-0.2, 0) is 6.54 Å². The summed E-state index contributed by atoms with van der Waals surface area (Å²) in [6.07, 6.45) is 1.36. The first kappa shape index (κ1) is 14.5. The maximum absolute atomic E-state index is 13.1. The minimum atomic E-state index is -0.524. The third-order valence-electron chi connectivity index (χ3n) is 2.79. The van der Waals surface area contributed by atoms with E-state index in [9.17, 15) is 14.5 Å². The highest BCUT2D eigenvalue weighted by Crippen LogP contribution is 2.19. The van der Waals surface area contributed by atoms with Crippen LogP contribution in [0.1, 0.15) is 25.3 Å². The number of benzene rings is 1. The van der Waals surface area contributed by atoms with E-state index in [4.69, 9.17) is 5.11 Å². The maximum Gasteiger partial charge on any atom is 0.274 e. The number of nitrogens with one attached hydrogen (secondary N) is 1. The van der Waals surface area contributed by atoms with Gasteiger partial charge in [-0.3, -0.25) is 10.1 Å². The second kappa shape index (κ2) is 7.03. The van der Waals surface area contributed by atoms with Crippen LogP contribution in [0.15, 0.2) is 18.2 Å². The van der Waals surface area contributed by atoms with Gasteiger partial charge in [-0.05, 0) is 25.0 Å². The Balaban J connectivity index is 2.76. The van der Waals surface area contributed by atoms with Crippen molar-refractivity contribution in [1.82, 2.24) is 5.32 Å². The van der Waals surface area contributed by atoms with Gasteiger partial charge < -0.3 is 10.4 Å². The van der Waals surface area contributed by atoms with Gasteiger partial charge in [-0.2, -0.15) is 0 Å². The van der Waals surface area contributed by atoms with Gasteiger partial charge in [-0.25, -0.2) is 4.39 Å². The SMILES string of the molecule is CCC(CCO)NCc1cc(F)ccc1[N+](=O)[O-]. The van der Waals surface area contributed by atoms with Gasteiger partial charge in [0, 0.05) is 30.8 Å². The second-order valence-corrected chi connectivity index (χ2v) is 4.03. The number of rotatable bonds is 7. The molecule has 1 aromatic carbocycles. The summed E-state index contributed by atoms with van der Waals surface area (Å²) in [6, 6.07) is 3.47. The zero-order valence-electron chi connectivity index (χ0n) is 10.2. The lowest BCUT2D eigenvalue weighted by atomic mass is 10.1. The van der Waals surface area contributed by atoms with E-state index in [1.165, 1.54) is 6.07 Å². The molecule has 0 aromatic heterocycles. The van der Waals surface area contributed by atoms with E-state index in [0.29, 0.717) is 12.0 Å². The Morgan fingerprint density at radius 3 is 2.83 bits per heavy atom. The van der Waals surface area contributed by atoms with E-state index >= 15 is 0 Å². The van der Waals surface area contributed by atoms with E-state index < -0.39 is 10.7 Å². The standard InChI is InChI=1S/C12H17FN2O3/c1-2-11(5-6-16)14-8-9-7-10(13)3-4-12(9)15(17)18/h3-4,7,11,14,16H,2,5-6,8H2,1H3. The first-order valence-electron chi connectivity index (χ1n) is 5.85. The van der Waals surface area contributed by atoms with Crippen molar-refractivity contribution in [2.24, 2.45) is 0 Å². The summed E-state index contributed by atoms with van der Waals surface area (Å²) in [7, 11) is 0. The third kappa shape index (κ3) is 4.05. The molecule has 0 saturated heterocycles. The fourth-order valence-electron chi connectivity index (χ4n) is 1.73. The van der Waals surface area contributed by atoms with Crippen molar-refractivity contribution in [3.63, 3.8) is 0 Å². The van der Waals surface area contributed by atoms with Crippen LogP contribution in [0, 0.1) is 15.9 Å². The van der Waals surface area contributed by atoms with Gasteiger partial charge in [0.2, 0.25) is 0 Å². The predicted molar refractivity (Wildman–Crippen MR) is 65.7 cm³/mol. The van der Waals surface area contributed by atoms with Crippen molar-refractivity contribution < 1.29 is 14.4 Å². The molecule has 0 aliphatic rings. The molecule has 0 saturated carbocycles. The topological polar surface area (TPSA) is 75.4 Å². The molecule has 0 bridgehead atoms. The molecule has 100 valence electrons. The second-order valence-electron chi connectivity index (χ2n) is 4.03. The number of halogens is 1. The normalized spacial score (nSPS) is 12.4. The fourth-order valence-corrected chi connectivity index (χ4v) is 1.73. The first-order chi connectivity index (χ1) is 8.58. The van der Waals surface area contributed by atoms with Gasteiger partial charge >= 0.3 is 0 Å². The molecule has 1 unspecified atom stereocenters. The molecule has 6 heteroatoms. The van der Waals surface area contributed by atoms with Crippen LogP contribution in [0.2, 0.25) is 0 Å². The van der Waals surface area contributed by atoms with E-state index in [1.54, 1.807) is 0 Å². The van der Waals surface area contributed by atoms with Gasteiger partial charge in [-0.1, -0.05) is 6.92 Å². The number of nitro benzene ring substituents is 1. The van der Waals surface area contributed by atoms with Gasteiger partial charge in [0.25, 0.3) is 5.69 Å². The van der Waals surface area contributed by atoms with Crippen molar-refractivity contribution in [3.8, 4) is 0 Å². The summed E-state index contributed by atoms with van der Waals surface area (Å²) in [6.45, 7) is 2.22. The minimum absolute atomic E-state index is 0.0523. The summed E-state index contributed by atoms with van der Waals surface area (Å²) in [5.74, 6) is -0.493. The van der Waals surface area contributed by atoms with Crippen LogP contribution in [0.25, 0.3) is 0 Å². The zero-order valence-corrected chi connectivity index (χ0v) is 10.2. The Kier molecular flexibility index (Phi) is 5.67. The fraction of sp³-hybridized carbons (Fsp3) is 0.500. The lowest BCUT2D eigenvalue weighted by molar-refractivity contribution is -0.385. The van der Waals surface area contributed by atoms with Crippen molar-refractivity contribution in [3.05, 3.63) is 39.7 Å². The van der Waals surface area contributed by atoms with Crippen molar-refractivity contribution in [2.75, 3.05) is 6.61 Å². The molecule has 0 aliphatic heterocycles. The number of nitrogens with zero attached hydrogens (tertiary/aromatic N) is 1. The number of nitro groups is 1. The summed E-state index contributed by atoms with van der Waals surface area (Å²) in [5, 5.41) is 22.7. The summed E-state index contributed by atoms with van der Waals surface area (Å²) < 4.78 is 13.1. The van der Waals surface area contributed by atoms with Crippen LogP contribution in [0.3, 0.4) is 0 Å². The van der Waals surface area contributed by atoms with Crippen LogP contribution in [-0.4, -0.2) is 22.7 Å². The summed E-state index contributed by atoms with van der Waals surface area (Å²) >= 11 is 0. The molecule has 0 fully saturated rings. The van der Waals surface area contributed by atoms with Gasteiger partial charge in [-0.15, -0.1) is 0 Å². The Labute approximate surface area is 105 Å². The predicted octanol–water partition coefficient (Wildman–Crippen LogP) is 1.98. The molecule has 1 rings (SSSR count). The lowest BCUT2D eigenvalue weighted by Gasteiger charge is -2.15. The van der Waals surface area contributed by atoms with Crippen LogP contribution in [0.5, 0.6) is 0 Å². The maximum atomic E-state index is 13.1. The van der Waals surface area contributed by atoms with Gasteiger partial charge in [0.1, 0.15) is 5.82 Å². The van der Waals surface area contributed by atoms with Gasteiger partial charge in [0.15, 0.2) is 0 Å². The molecule has 0 heterocycles. The molecule has 1 aromatic rings. The average Bonchev–Trinajstić information content (AvgIpc) is 2.34. The highest BCUT2D eigenvalue weighted by Gasteiger charge is 2.15. The minimum Gasteiger partial charge on any atom is -0.396 e. The first-order valence-corrected chi connectivity index (χ1v) is 5.85. The molecule has 1 atom stereocenters. The molecule has 0 radical (unpaired) electrons. The van der Waals surface area contributed by atoms with Crippen molar-refractivity contribution in [2.45, 2.75) is 32.4 Å². The molecule has 0 spiro atoms.